The maximum atomic E-state index is 10.7. The van der Waals surface area contributed by atoms with Crippen LogP contribution < -0.4 is 10.1 Å². The first-order valence-corrected chi connectivity index (χ1v) is 7.48. The summed E-state index contributed by atoms with van der Waals surface area (Å²) < 4.78 is 5.58. The second-order valence-electron chi connectivity index (χ2n) is 5.02. The number of nitrogens with one attached hydrogen (secondary N) is 1. The molecule has 0 saturated heterocycles. The van der Waals surface area contributed by atoms with Gasteiger partial charge in [-0.05, 0) is 44.3 Å². The summed E-state index contributed by atoms with van der Waals surface area (Å²) in [7, 11) is 0. The van der Waals surface area contributed by atoms with Crippen LogP contribution in [-0.2, 0) is 0 Å². The molecule has 0 aliphatic rings. The highest BCUT2D eigenvalue weighted by Crippen LogP contribution is 2.11. The lowest BCUT2D eigenvalue weighted by Gasteiger charge is -2.23. The van der Waals surface area contributed by atoms with Crippen molar-refractivity contribution in [1.82, 2.24) is 10.2 Å². The van der Waals surface area contributed by atoms with Gasteiger partial charge in [0.05, 0.1) is 5.56 Å². The third-order valence-corrected chi connectivity index (χ3v) is 3.39. The Morgan fingerprint density at radius 2 is 1.90 bits per heavy atom. The molecule has 21 heavy (non-hydrogen) atoms. The molecule has 0 amide bonds. The van der Waals surface area contributed by atoms with Gasteiger partial charge in [-0.15, -0.1) is 0 Å². The summed E-state index contributed by atoms with van der Waals surface area (Å²) in [5, 5.41) is 12.2. The molecule has 2 N–H and O–H groups in total. The summed E-state index contributed by atoms with van der Waals surface area (Å²) in [4.78, 5) is 13.1. The van der Waals surface area contributed by atoms with E-state index in [1.165, 1.54) is 0 Å². The average Bonchev–Trinajstić information content (AvgIpc) is 2.49. The number of rotatable bonds is 10. The molecule has 0 aromatic heterocycles. The van der Waals surface area contributed by atoms with Crippen molar-refractivity contribution in [2.45, 2.75) is 26.8 Å². The predicted octanol–water partition coefficient (Wildman–Crippen LogP) is 2.08. The van der Waals surface area contributed by atoms with Crippen LogP contribution in [0.25, 0.3) is 0 Å². The molecule has 0 radical (unpaired) electrons. The lowest BCUT2D eigenvalue weighted by atomic mass is 10.2. The molecule has 1 atom stereocenters. The number of hydrogen-bond acceptors (Lipinski definition) is 4. The molecule has 0 saturated carbocycles. The molecule has 0 aliphatic heterocycles. The van der Waals surface area contributed by atoms with Crippen molar-refractivity contribution in [2.75, 3.05) is 32.8 Å². The Hall–Kier alpha value is -1.59. The summed E-state index contributed by atoms with van der Waals surface area (Å²) in [6, 6.07) is 6.89. The van der Waals surface area contributed by atoms with Crippen LogP contribution in [0.4, 0.5) is 0 Å². The number of likely N-dealkylation sites (N-methyl/N-ethyl adjacent to an activating group) is 1. The van der Waals surface area contributed by atoms with Crippen LogP contribution in [0, 0.1) is 0 Å². The molecule has 0 bridgehead atoms. The van der Waals surface area contributed by atoms with Crippen molar-refractivity contribution in [3.63, 3.8) is 0 Å². The Morgan fingerprint density at radius 3 is 2.43 bits per heavy atom. The van der Waals surface area contributed by atoms with Crippen LogP contribution in [-0.4, -0.2) is 54.8 Å². The van der Waals surface area contributed by atoms with E-state index in [0.717, 1.165) is 26.2 Å². The number of aromatic carboxylic acids is 1. The van der Waals surface area contributed by atoms with Gasteiger partial charge >= 0.3 is 5.97 Å². The van der Waals surface area contributed by atoms with Gasteiger partial charge in [0.25, 0.3) is 0 Å². The minimum atomic E-state index is -0.923. The third-order valence-electron chi connectivity index (χ3n) is 3.39. The first-order chi connectivity index (χ1) is 10.1. The molecule has 0 heterocycles. The van der Waals surface area contributed by atoms with Gasteiger partial charge < -0.3 is 20.1 Å². The maximum absolute atomic E-state index is 10.7. The van der Waals surface area contributed by atoms with E-state index in [1.807, 2.05) is 0 Å². The van der Waals surface area contributed by atoms with Gasteiger partial charge in [0.2, 0.25) is 0 Å². The molecule has 1 unspecified atom stereocenters. The first kappa shape index (κ1) is 17.5. The SMILES string of the molecule is CCN(CC)CC(C)NCCOc1ccc(C(=O)O)cc1. The van der Waals surface area contributed by atoms with E-state index in [9.17, 15) is 4.79 Å². The summed E-state index contributed by atoms with van der Waals surface area (Å²) in [5.74, 6) is -0.230. The Kier molecular flexibility index (Phi) is 7.79. The third kappa shape index (κ3) is 6.60. The van der Waals surface area contributed by atoms with Crippen LogP contribution in [0.1, 0.15) is 31.1 Å². The number of ether oxygens (including phenoxy) is 1. The number of carboxylic acids is 1. The van der Waals surface area contributed by atoms with Crippen molar-refractivity contribution in [1.29, 1.82) is 0 Å². The van der Waals surface area contributed by atoms with E-state index >= 15 is 0 Å². The van der Waals surface area contributed by atoms with Gasteiger partial charge in [-0.25, -0.2) is 4.79 Å². The molecular weight excluding hydrogens is 268 g/mol. The quantitative estimate of drug-likeness (QED) is 0.647. The summed E-state index contributed by atoms with van der Waals surface area (Å²) in [5.41, 5.74) is 0.272. The van der Waals surface area contributed by atoms with Crippen molar-refractivity contribution in [3.8, 4) is 5.75 Å². The number of nitrogens with zero attached hydrogens (tertiary/aromatic N) is 1. The number of benzene rings is 1. The minimum absolute atomic E-state index is 0.272. The molecule has 5 nitrogen and oxygen atoms in total. The van der Waals surface area contributed by atoms with E-state index in [4.69, 9.17) is 9.84 Å². The average molecular weight is 294 g/mol. The number of hydrogen-bond donors (Lipinski definition) is 2. The van der Waals surface area contributed by atoms with Crippen molar-refractivity contribution in [2.24, 2.45) is 0 Å². The smallest absolute Gasteiger partial charge is 0.335 e. The molecule has 0 aliphatic carbocycles. The monoisotopic (exact) mass is 294 g/mol. The lowest BCUT2D eigenvalue weighted by molar-refractivity contribution is 0.0697. The minimum Gasteiger partial charge on any atom is -0.492 e. The van der Waals surface area contributed by atoms with Crippen molar-refractivity contribution >= 4 is 5.97 Å². The molecule has 0 fully saturated rings. The van der Waals surface area contributed by atoms with Crippen LogP contribution in [0.5, 0.6) is 5.75 Å². The predicted molar refractivity (Wildman–Crippen MR) is 84.1 cm³/mol. The summed E-state index contributed by atoms with van der Waals surface area (Å²) >= 11 is 0. The van der Waals surface area contributed by atoms with Crippen molar-refractivity contribution < 1.29 is 14.6 Å². The van der Waals surface area contributed by atoms with Gasteiger partial charge in [0.1, 0.15) is 12.4 Å². The zero-order chi connectivity index (χ0) is 15.7. The highest BCUT2D eigenvalue weighted by atomic mass is 16.5. The topological polar surface area (TPSA) is 61.8 Å². The van der Waals surface area contributed by atoms with E-state index in [-0.39, 0.29) is 5.56 Å². The molecule has 118 valence electrons. The molecule has 1 rings (SSSR count). The van der Waals surface area contributed by atoms with Gasteiger partial charge in [-0.3, -0.25) is 0 Å². The van der Waals surface area contributed by atoms with Gasteiger partial charge in [0.15, 0.2) is 0 Å². The largest absolute Gasteiger partial charge is 0.492 e. The Balaban J connectivity index is 2.23. The van der Waals surface area contributed by atoms with Crippen molar-refractivity contribution in [3.05, 3.63) is 29.8 Å². The lowest BCUT2D eigenvalue weighted by Crippen LogP contribution is -2.40. The second-order valence-corrected chi connectivity index (χ2v) is 5.02. The Labute approximate surface area is 126 Å². The van der Waals surface area contributed by atoms with Gasteiger partial charge in [0, 0.05) is 19.1 Å². The van der Waals surface area contributed by atoms with Crippen LogP contribution in [0.3, 0.4) is 0 Å². The number of carbonyl (C=O) groups is 1. The van der Waals surface area contributed by atoms with E-state index in [2.05, 4.69) is 31.0 Å². The fourth-order valence-electron chi connectivity index (χ4n) is 2.10. The Morgan fingerprint density at radius 1 is 1.29 bits per heavy atom. The molecular formula is C16H26N2O3. The fourth-order valence-corrected chi connectivity index (χ4v) is 2.10. The van der Waals surface area contributed by atoms with Gasteiger partial charge in [-0.2, -0.15) is 0 Å². The molecule has 5 heteroatoms. The fraction of sp³-hybridized carbons (Fsp3) is 0.562. The zero-order valence-corrected chi connectivity index (χ0v) is 13.1. The van der Waals surface area contributed by atoms with Gasteiger partial charge in [-0.1, -0.05) is 13.8 Å². The van der Waals surface area contributed by atoms with Crippen LogP contribution >= 0.6 is 0 Å². The standard InChI is InChI=1S/C16H26N2O3/c1-4-18(5-2)12-13(3)17-10-11-21-15-8-6-14(7-9-15)16(19)20/h6-9,13,17H,4-5,10-12H2,1-3H3,(H,19,20). The summed E-state index contributed by atoms with van der Waals surface area (Å²) in [6.45, 7) is 11.0. The van der Waals surface area contributed by atoms with E-state index in [1.54, 1.807) is 24.3 Å². The van der Waals surface area contributed by atoms with E-state index < -0.39 is 5.97 Å². The normalized spacial score (nSPS) is 12.4. The number of carboxylic acid groups (broad SMARTS) is 1. The maximum Gasteiger partial charge on any atom is 0.335 e. The Bertz CT molecular complexity index is 416. The summed E-state index contributed by atoms with van der Waals surface area (Å²) in [6.07, 6.45) is 0. The molecule has 1 aromatic carbocycles. The first-order valence-electron chi connectivity index (χ1n) is 7.48. The highest BCUT2D eigenvalue weighted by Gasteiger charge is 2.06. The van der Waals surface area contributed by atoms with Crippen LogP contribution in [0.2, 0.25) is 0 Å². The highest BCUT2D eigenvalue weighted by molar-refractivity contribution is 5.87. The van der Waals surface area contributed by atoms with E-state index in [0.29, 0.717) is 18.4 Å². The molecule has 0 spiro atoms. The second kappa shape index (κ2) is 9.37. The molecule has 1 aromatic rings. The zero-order valence-electron chi connectivity index (χ0n) is 13.1. The van der Waals surface area contributed by atoms with Crippen LogP contribution in [0.15, 0.2) is 24.3 Å².